The van der Waals surface area contributed by atoms with Crippen LogP contribution in [0, 0.1) is 0 Å². The van der Waals surface area contributed by atoms with E-state index in [4.69, 9.17) is 4.42 Å². The Morgan fingerprint density at radius 3 is 2.84 bits per heavy atom. The zero-order chi connectivity index (χ0) is 13.8. The van der Waals surface area contributed by atoms with Crippen molar-refractivity contribution in [2.24, 2.45) is 7.05 Å². The zero-order valence-electron chi connectivity index (χ0n) is 11.9. The Kier molecular flexibility index (Phi) is 4.43. The largest absolute Gasteiger partial charge is 0.419 e. The molecule has 1 heterocycles. The van der Waals surface area contributed by atoms with Gasteiger partial charge in [-0.2, -0.15) is 0 Å². The van der Waals surface area contributed by atoms with Crippen molar-refractivity contribution in [1.82, 2.24) is 9.88 Å². The summed E-state index contributed by atoms with van der Waals surface area (Å²) < 4.78 is 6.68. The maximum absolute atomic E-state index is 11.4. The molecule has 0 amide bonds. The van der Waals surface area contributed by atoms with Crippen LogP contribution in [0.1, 0.15) is 32.3 Å². The summed E-state index contributed by atoms with van der Waals surface area (Å²) in [6.07, 6.45) is 3.35. The lowest BCUT2D eigenvalue weighted by Gasteiger charge is -2.07. The lowest BCUT2D eigenvalue weighted by atomic mass is 10.1. The average molecular weight is 262 g/mol. The van der Waals surface area contributed by atoms with Gasteiger partial charge in [-0.15, -0.1) is 0 Å². The van der Waals surface area contributed by atoms with Gasteiger partial charge in [-0.3, -0.25) is 4.57 Å². The number of rotatable bonds is 6. The summed E-state index contributed by atoms with van der Waals surface area (Å²) in [5.74, 6) is -0.298. The first-order chi connectivity index (χ1) is 9.08. The van der Waals surface area contributed by atoms with Gasteiger partial charge in [-0.25, -0.2) is 4.79 Å². The third-order valence-corrected chi connectivity index (χ3v) is 3.30. The summed E-state index contributed by atoms with van der Waals surface area (Å²) in [6.45, 7) is 5.38. The number of hydrogen-bond acceptors (Lipinski definition) is 3. The predicted octanol–water partition coefficient (Wildman–Crippen LogP) is 2.45. The Bertz CT molecular complexity index is 596. The number of fused-ring (bicyclic) bond motifs is 1. The van der Waals surface area contributed by atoms with Crippen molar-refractivity contribution in [3.05, 3.63) is 34.3 Å². The van der Waals surface area contributed by atoms with Crippen LogP contribution in [0.4, 0.5) is 0 Å². The van der Waals surface area contributed by atoms with Gasteiger partial charge in [0.25, 0.3) is 0 Å². The maximum Gasteiger partial charge on any atom is 0.419 e. The summed E-state index contributed by atoms with van der Waals surface area (Å²) >= 11 is 0. The lowest BCUT2D eigenvalue weighted by molar-refractivity contribution is 0.528. The first-order valence-corrected chi connectivity index (χ1v) is 6.90. The van der Waals surface area contributed by atoms with Crippen molar-refractivity contribution >= 4 is 11.1 Å². The van der Waals surface area contributed by atoms with Gasteiger partial charge in [-0.05, 0) is 43.5 Å². The number of aryl methyl sites for hydroxylation is 2. The van der Waals surface area contributed by atoms with Crippen LogP contribution in [-0.4, -0.2) is 17.2 Å². The second-order valence-electron chi connectivity index (χ2n) is 5.29. The van der Waals surface area contributed by atoms with E-state index in [1.165, 1.54) is 12.0 Å². The van der Waals surface area contributed by atoms with E-state index in [-0.39, 0.29) is 5.76 Å². The first kappa shape index (κ1) is 13.9. The van der Waals surface area contributed by atoms with Crippen LogP contribution in [0.5, 0.6) is 0 Å². The number of oxazole rings is 1. The Morgan fingerprint density at radius 2 is 2.11 bits per heavy atom. The average Bonchev–Trinajstić information content (AvgIpc) is 2.65. The van der Waals surface area contributed by atoms with Gasteiger partial charge >= 0.3 is 5.76 Å². The van der Waals surface area contributed by atoms with E-state index in [0.29, 0.717) is 11.6 Å². The Labute approximate surface area is 113 Å². The monoisotopic (exact) mass is 262 g/mol. The molecule has 0 aliphatic heterocycles. The second kappa shape index (κ2) is 6.06. The standard InChI is InChI=1S/C15H22N2O2/c1-11(2)16-9-5-4-6-12-7-8-14-13(10-12)17(3)15(18)19-14/h7-8,10-11,16H,4-6,9H2,1-3H3. The third kappa shape index (κ3) is 3.47. The van der Waals surface area contributed by atoms with Crippen LogP contribution in [0.3, 0.4) is 0 Å². The van der Waals surface area contributed by atoms with Gasteiger partial charge in [0.05, 0.1) is 5.52 Å². The molecule has 0 aliphatic carbocycles. The quantitative estimate of drug-likeness (QED) is 0.813. The number of benzene rings is 1. The van der Waals surface area contributed by atoms with Gasteiger partial charge < -0.3 is 9.73 Å². The highest BCUT2D eigenvalue weighted by atomic mass is 16.4. The van der Waals surface area contributed by atoms with E-state index in [1.807, 2.05) is 12.1 Å². The van der Waals surface area contributed by atoms with Crippen molar-refractivity contribution in [2.75, 3.05) is 6.54 Å². The Hall–Kier alpha value is -1.55. The molecule has 0 unspecified atom stereocenters. The fourth-order valence-corrected chi connectivity index (χ4v) is 2.17. The molecule has 0 atom stereocenters. The fraction of sp³-hybridized carbons (Fsp3) is 0.533. The number of nitrogens with zero attached hydrogens (tertiary/aromatic N) is 1. The molecule has 19 heavy (non-hydrogen) atoms. The lowest BCUT2D eigenvalue weighted by Crippen LogP contribution is -2.23. The van der Waals surface area contributed by atoms with E-state index < -0.39 is 0 Å². The molecule has 4 nitrogen and oxygen atoms in total. The van der Waals surface area contributed by atoms with E-state index >= 15 is 0 Å². The van der Waals surface area contributed by atoms with Crippen LogP contribution >= 0.6 is 0 Å². The smallest absolute Gasteiger partial charge is 0.408 e. The van der Waals surface area contributed by atoms with Gasteiger partial charge in [0, 0.05) is 13.1 Å². The summed E-state index contributed by atoms with van der Waals surface area (Å²) in [5.41, 5.74) is 2.80. The highest BCUT2D eigenvalue weighted by molar-refractivity contribution is 5.73. The first-order valence-electron chi connectivity index (χ1n) is 6.90. The van der Waals surface area contributed by atoms with E-state index in [2.05, 4.69) is 25.2 Å². The minimum atomic E-state index is -0.298. The molecule has 1 aromatic carbocycles. The summed E-state index contributed by atoms with van der Waals surface area (Å²) in [7, 11) is 1.74. The predicted molar refractivity (Wildman–Crippen MR) is 77.5 cm³/mol. The molecular formula is C15H22N2O2. The maximum atomic E-state index is 11.4. The Morgan fingerprint density at radius 1 is 1.32 bits per heavy atom. The molecular weight excluding hydrogens is 240 g/mol. The number of nitrogens with one attached hydrogen (secondary N) is 1. The van der Waals surface area contributed by atoms with Crippen LogP contribution < -0.4 is 11.1 Å². The van der Waals surface area contributed by atoms with Crippen molar-refractivity contribution < 1.29 is 4.42 Å². The highest BCUT2D eigenvalue weighted by Crippen LogP contribution is 2.15. The number of aromatic nitrogens is 1. The normalized spacial score (nSPS) is 11.6. The molecule has 0 bridgehead atoms. The van der Waals surface area contributed by atoms with Crippen molar-refractivity contribution in [3.63, 3.8) is 0 Å². The highest BCUT2D eigenvalue weighted by Gasteiger charge is 2.06. The summed E-state index contributed by atoms with van der Waals surface area (Å²) in [6, 6.07) is 6.53. The zero-order valence-corrected chi connectivity index (χ0v) is 11.9. The molecule has 2 aromatic rings. The fourth-order valence-electron chi connectivity index (χ4n) is 2.17. The third-order valence-electron chi connectivity index (χ3n) is 3.30. The van der Waals surface area contributed by atoms with Crippen LogP contribution in [0.25, 0.3) is 11.1 Å². The molecule has 0 radical (unpaired) electrons. The van der Waals surface area contributed by atoms with E-state index in [9.17, 15) is 4.79 Å². The number of hydrogen-bond donors (Lipinski definition) is 1. The van der Waals surface area contributed by atoms with E-state index in [1.54, 1.807) is 11.6 Å². The molecule has 0 saturated heterocycles. The van der Waals surface area contributed by atoms with Gasteiger partial charge in [0.15, 0.2) is 5.58 Å². The van der Waals surface area contributed by atoms with Crippen LogP contribution in [0.2, 0.25) is 0 Å². The molecule has 0 saturated carbocycles. The molecule has 0 aliphatic rings. The van der Waals surface area contributed by atoms with Crippen LogP contribution in [-0.2, 0) is 13.5 Å². The molecule has 0 fully saturated rings. The van der Waals surface area contributed by atoms with Crippen molar-refractivity contribution in [1.29, 1.82) is 0 Å². The van der Waals surface area contributed by atoms with Crippen molar-refractivity contribution in [3.8, 4) is 0 Å². The molecule has 2 rings (SSSR count). The number of unbranched alkanes of at least 4 members (excludes halogenated alkanes) is 1. The van der Waals surface area contributed by atoms with E-state index in [0.717, 1.165) is 24.9 Å². The minimum Gasteiger partial charge on any atom is -0.408 e. The second-order valence-corrected chi connectivity index (χ2v) is 5.29. The molecule has 1 aromatic heterocycles. The van der Waals surface area contributed by atoms with Gasteiger partial charge in [-0.1, -0.05) is 19.9 Å². The molecule has 4 heteroatoms. The van der Waals surface area contributed by atoms with Crippen LogP contribution in [0.15, 0.2) is 27.4 Å². The SMILES string of the molecule is CC(C)NCCCCc1ccc2oc(=O)n(C)c2c1. The minimum absolute atomic E-state index is 0.298. The summed E-state index contributed by atoms with van der Waals surface area (Å²) in [4.78, 5) is 11.4. The van der Waals surface area contributed by atoms with Gasteiger partial charge in [0.1, 0.15) is 0 Å². The topological polar surface area (TPSA) is 47.2 Å². The van der Waals surface area contributed by atoms with Gasteiger partial charge in [0.2, 0.25) is 0 Å². The molecule has 0 spiro atoms. The molecule has 104 valence electrons. The molecule has 1 N–H and O–H groups in total. The summed E-state index contributed by atoms with van der Waals surface area (Å²) in [5, 5.41) is 3.41. The Balaban J connectivity index is 1.94. The van der Waals surface area contributed by atoms with Crippen molar-refractivity contribution in [2.45, 2.75) is 39.2 Å².